The summed E-state index contributed by atoms with van der Waals surface area (Å²) in [5, 5.41) is 9.92. The first-order valence-corrected chi connectivity index (χ1v) is 5.77. The maximum atomic E-state index is 9.92. The summed E-state index contributed by atoms with van der Waals surface area (Å²) in [6, 6.07) is 19.3. The van der Waals surface area contributed by atoms with Gasteiger partial charge in [-0.05, 0) is 17.7 Å². The topological polar surface area (TPSA) is 29.5 Å². The van der Waals surface area contributed by atoms with Gasteiger partial charge < -0.3 is 9.84 Å². The Balaban J connectivity index is 1.79. The maximum absolute atomic E-state index is 9.92. The number of hydrogen-bond donors (Lipinski definition) is 1. The highest BCUT2D eigenvalue weighted by molar-refractivity contribution is 5.21. The molecule has 2 rings (SSSR count). The summed E-state index contributed by atoms with van der Waals surface area (Å²) in [4.78, 5) is 0. The molecule has 2 aromatic carbocycles. The second kappa shape index (κ2) is 6.06. The first kappa shape index (κ1) is 11.7. The van der Waals surface area contributed by atoms with E-state index in [1.165, 1.54) is 0 Å². The van der Waals surface area contributed by atoms with Gasteiger partial charge in [-0.25, -0.2) is 0 Å². The van der Waals surface area contributed by atoms with E-state index in [0.717, 1.165) is 11.3 Å². The molecule has 0 bridgehead atoms. The smallest absolute Gasteiger partial charge is 0.119 e. The first-order valence-electron chi connectivity index (χ1n) is 5.77. The number of para-hydroxylation sites is 1. The summed E-state index contributed by atoms with van der Waals surface area (Å²) in [5.74, 6) is 0.841. The van der Waals surface area contributed by atoms with Crippen molar-refractivity contribution in [2.24, 2.45) is 0 Å². The standard InChI is InChI=1S/C15H16O2/c16-15(13-7-3-1-4-8-13)11-12-17-14-9-5-2-6-10-14/h1-10,15-16H,11-12H2. The van der Waals surface area contributed by atoms with Crippen molar-refractivity contribution in [3.05, 3.63) is 66.2 Å². The number of benzene rings is 2. The monoisotopic (exact) mass is 228 g/mol. The number of rotatable bonds is 5. The van der Waals surface area contributed by atoms with E-state index in [2.05, 4.69) is 0 Å². The van der Waals surface area contributed by atoms with Crippen molar-refractivity contribution in [3.63, 3.8) is 0 Å². The van der Waals surface area contributed by atoms with E-state index in [9.17, 15) is 5.11 Å². The van der Waals surface area contributed by atoms with Crippen LogP contribution in [0.2, 0.25) is 0 Å². The molecule has 0 aliphatic carbocycles. The highest BCUT2D eigenvalue weighted by Crippen LogP contribution is 2.17. The predicted molar refractivity (Wildman–Crippen MR) is 68.0 cm³/mol. The van der Waals surface area contributed by atoms with Crippen molar-refractivity contribution in [2.75, 3.05) is 6.61 Å². The molecule has 2 heteroatoms. The Morgan fingerprint density at radius 2 is 1.47 bits per heavy atom. The Hall–Kier alpha value is -1.80. The molecule has 1 unspecified atom stereocenters. The molecule has 0 aliphatic rings. The lowest BCUT2D eigenvalue weighted by atomic mass is 10.1. The molecule has 0 radical (unpaired) electrons. The van der Waals surface area contributed by atoms with Crippen molar-refractivity contribution in [1.82, 2.24) is 0 Å². The molecule has 0 saturated heterocycles. The van der Waals surface area contributed by atoms with Crippen molar-refractivity contribution in [1.29, 1.82) is 0 Å². The number of aliphatic hydroxyl groups excluding tert-OH is 1. The van der Waals surface area contributed by atoms with E-state index in [0.29, 0.717) is 13.0 Å². The molecule has 0 aromatic heterocycles. The quantitative estimate of drug-likeness (QED) is 0.851. The van der Waals surface area contributed by atoms with Crippen molar-refractivity contribution < 1.29 is 9.84 Å². The van der Waals surface area contributed by atoms with Gasteiger partial charge in [0.15, 0.2) is 0 Å². The van der Waals surface area contributed by atoms with Crippen LogP contribution in [-0.4, -0.2) is 11.7 Å². The third-order valence-electron chi connectivity index (χ3n) is 2.59. The average molecular weight is 228 g/mol. The minimum absolute atomic E-state index is 0.458. The van der Waals surface area contributed by atoms with Crippen LogP contribution in [0.1, 0.15) is 18.1 Å². The number of ether oxygens (including phenoxy) is 1. The Morgan fingerprint density at radius 3 is 2.12 bits per heavy atom. The Morgan fingerprint density at radius 1 is 0.882 bits per heavy atom. The normalized spacial score (nSPS) is 12.1. The molecule has 0 aliphatic heterocycles. The summed E-state index contributed by atoms with van der Waals surface area (Å²) < 4.78 is 5.54. The second-order valence-electron chi connectivity index (χ2n) is 3.88. The van der Waals surface area contributed by atoms with Crippen molar-refractivity contribution >= 4 is 0 Å². The van der Waals surface area contributed by atoms with Gasteiger partial charge in [-0.3, -0.25) is 0 Å². The highest BCUT2D eigenvalue weighted by atomic mass is 16.5. The summed E-state index contributed by atoms with van der Waals surface area (Å²) in [6.45, 7) is 0.514. The minimum atomic E-state index is -0.458. The average Bonchev–Trinajstić information content (AvgIpc) is 2.41. The Labute approximate surface area is 101 Å². The lowest BCUT2D eigenvalue weighted by Crippen LogP contribution is -2.05. The molecular weight excluding hydrogens is 212 g/mol. The molecule has 0 spiro atoms. The fourth-order valence-corrected chi connectivity index (χ4v) is 1.65. The van der Waals surface area contributed by atoms with E-state index in [1.807, 2.05) is 60.7 Å². The summed E-state index contributed by atoms with van der Waals surface area (Å²) in [7, 11) is 0. The highest BCUT2D eigenvalue weighted by Gasteiger charge is 2.06. The van der Waals surface area contributed by atoms with E-state index in [-0.39, 0.29) is 0 Å². The van der Waals surface area contributed by atoms with Crippen LogP contribution in [0.3, 0.4) is 0 Å². The lowest BCUT2D eigenvalue weighted by molar-refractivity contribution is 0.141. The Kier molecular flexibility index (Phi) is 4.17. The van der Waals surface area contributed by atoms with Gasteiger partial charge in [-0.2, -0.15) is 0 Å². The van der Waals surface area contributed by atoms with Crippen LogP contribution < -0.4 is 4.74 Å². The number of hydrogen-bond acceptors (Lipinski definition) is 2. The van der Waals surface area contributed by atoms with E-state index >= 15 is 0 Å². The summed E-state index contributed by atoms with van der Waals surface area (Å²) in [6.07, 6.45) is 0.138. The molecule has 2 nitrogen and oxygen atoms in total. The van der Waals surface area contributed by atoms with E-state index < -0.39 is 6.10 Å². The van der Waals surface area contributed by atoms with Crippen LogP contribution in [0.4, 0.5) is 0 Å². The van der Waals surface area contributed by atoms with Crippen LogP contribution in [0.15, 0.2) is 60.7 Å². The number of aliphatic hydroxyl groups is 1. The SMILES string of the molecule is OC(CCOc1ccccc1)c1ccccc1. The van der Waals surface area contributed by atoms with Crippen LogP contribution in [0, 0.1) is 0 Å². The third-order valence-corrected chi connectivity index (χ3v) is 2.59. The van der Waals surface area contributed by atoms with Crippen LogP contribution >= 0.6 is 0 Å². The molecule has 2 aromatic rings. The zero-order chi connectivity index (χ0) is 11.9. The Bertz CT molecular complexity index is 425. The molecule has 88 valence electrons. The summed E-state index contributed by atoms with van der Waals surface area (Å²) in [5.41, 5.74) is 0.934. The maximum Gasteiger partial charge on any atom is 0.119 e. The largest absolute Gasteiger partial charge is 0.493 e. The van der Waals surface area contributed by atoms with Gasteiger partial charge in [0.2, 0.25) is 0 Å². The van der Waals surface area contributed by atoms with Crippen LogP contribution in [0.25, 0.3) is 0 Å². The fraction of sp³-hybridized carbons (Fsp3) is 0.200. The van der Waals surface area contributed by atoms with Gasteiger partial charge in [0.05, 0.1) is 12.7 Å². The molecule has 0 fully saturated rings. The predicted octanol–water partition coefficient (Wildman–Crippen LogP) is 3.19. The fourth-order valence-electron chi connectivity index (χ4n) is 1.65. The van der Waals surface area contributed by atoms with E-state index in [4.69, 9.17) is 4.74 Å². The molecule has 17 heavy (non-hydrogen) atoms. The van der Waals surface area contributed by atoms with Gasteiger partial charge in [-0.1, -0.05) is 48.5 Å². The van der Waals surface area contributed by atoms with Gasteiger partial charge in [0, 0.05) is 6.42 Å². The molecule has 0 heterocycles. The van der Waals surface area contributed by atoms with E-state index in [1.54, 1.807) is 0 Å². The zero-order valence-corrected chi connectivity index (χ0v) is 9.62. The molecule has 0 amide bonds. The third kappa shape index (κ3) is 3.61. The molecule has 0 saturated carbocycles. The first-order chi connectivity index (χ1) is 8.36. The minimum Gasteiger partial charge on any atom is -0.493 e. The molecule has 1 N–H and O–H groups in total. The van der Waals surface area contributed by atoms with Gasteiger partial charge >= 0.3 is 0 Å². The van der Waals surface area contributed by atoms with Crippen LogP contribution in [0.5, 0.6) is 5.75 Å². The van der Waals surface area contributed by atoms with Gasteiger partial charge in [0.25, 0.3) is 0 Å². The van der Waals surface area contributed by atoms with Crippen molar-refractivity contribution in [2.45, 2.75) is 12.5 Å². The molecular formula is C15H16O2. The lowest BCUT2D eigenvalue weighted by Gasteiger charge is -2.11. The van der Waals surface area contributed by atoms with Gasteiger partial charge in [-0.15, -0.1) is 0 Å². The van der Waals surface area contributed by atoms with Gasteiger partial charge in [0.1, 0.15) is 5.75 Å². The zero-order valence-electron chi connectivity index (χ0n) is 9.62. The van der Waals surface area contributed by atoms with Crippen LogP contribution in [-0.2, 0) is 0 Å². The molecule has 1 atom stereocenters. The summed E-state index contributed by atoms with van der Waals surface area (Å²) >= 11 is 0. The second-order valence-corrected chi connectivity index (χ2v) is 3.88. The van der Waals surface area contributed by atoms with Crippen molar-refractivity contribution in [3.8, 4) is 5.75 Å².